The fourth-order valence-electron chi connectivity index (χ4n) is 1.71. The molecule has 2 heteroatoms. The van der Waals surface area contributed by atoms with Crippen LogP contribution in [0.25, 0.3) is 5.57 Å². The third-order valence-electron chi connectivity index (χ3n) is 2.38. The first kappa shape index (κ1) is 9.16. The average Bonchev–Trinajstić information content (AvgIpc) is 2.68. The van der Waals surface area contributed by atoms with Crippen LogP contribution in [0.4, 0.5) is 0 Å². The van der Waals surface area contributed by atoms with E-state index in [1.807, 2.05) is 18.2 Å². The molecule has 1 N–H and O–H groups in total. The van der Waals surface area contributed by atoms with Crippen LogP contribution in [0.15, 0.2) is 42.1 Å². The minimum absolute atomic E-state index is 0.216. The van der Waals surface area contributed by atoms with Crippen LogP contribution in [0, 0.1) is 0 Å². The number of allylic oxidation sites excluding steroid dienone is 3. The zero-order valence-corrected chi connectivity index (χ0v) is 7.98. The molecule has 2 rings (SSSR count). The molecule has 0 atom stereocenters. The summed E-state index contributed by atoms with van der Waals surface area (Å²) in [5, 5.41) is 8.91. The van der Waals surface area contributed by atoms with Crippen LogP contribution in [-0.2, 0) is 0 Å². The molecule has 2 nitrogen and oxygen atoms in total. The van der Waals surface area contributed by atoms with Gasteiger partial charge in [0.1, 0.15) is 0 Å². The maximum atomic E-state index is 8.91. The van der Waals surface area contributed by atoms with E-state index in [9.17, 15) is 0 Å². The standard InChI is InChI=1S/C12H13NO/c14-9-7-10-4-3-5-11(10)12-6-1-2-8-13-12/h1-3,5-6,8,14H,4,7,9H2. The lowest BCUT2D eigenvalue weighted by Gasteiger charge is -2.04. The van der Waals surface area contributed by atoms with Crippen molar-refractivity contribution in [1.29, 1.82) is 0 Å². The molecule has 1 aliphatic carbocycles. The predicted molar refractivity (Wildman–Crippen MR) is 56.6 cm³/mol. The lowest BCUT2D eigenvalue weighted by atomic mass is 10.0. The highest BCUT2D eigenvalue weighted by atomic mass is 16.2. The Balaban J connectivity index is 2.32. The van der Waals surface area contributed by atoms with Crippen molar-refractivity contribution in [2.45, 2.75) is 12.8 Å². The van der Waals surface area contributed by atoms with E-state index in [4.69, 9.17) is 5.11 Å². The van der Waals surface area contributed by atoms with E-state index in [0.29, 0.717) is 0 Å². The van der Waals surface area contributed by atoms with E-state index in [1.165, 1.54) is 11.1 Å². The summed E-state index contributed by atoms with van der Waals surface area (Å²) in [5.41, 5.74) is 3.47. The number of rotatable bonds is 3. The molecule has 0 fully saturated rings. The van der Waals surface area contributed by atoms with Crippen LogP contribution in [-0.4, -0.2) is 16.7 Å². The number of pyridine rings is 1. The highest BCUT2D eigenvalue weighted by Crippen LogP contribution is 2.28. The molecule has 0 amide bonds. The molecule has 0 aliphatic heterocycles. The van der Waals surface area contributed by atoms with Gasteiger partial charge in [0.05, 0.1) is 5.69 Å². The summed E-state index contributed by atoms with van der Waals surface area (Å²) in [5.74, 6) is 0. The highest BCUT2D eigenvalue weighted by molar-refractivity contribution is 5.77. The molecule has 0 radical (unpaired) electrons. The van der Waals surface area contributed by atoms with Gasteiger partial charge >= 0.3 is 0 Å². The van der Waals surface area contributed by atoms with Crippen molar-refractivity contribution in [3.8, 4) is 0 Å². The van der Waals surface area contributed by atoms with Crippen molar-refractivity contribution in [3.05, 3.63) is 47.8 Å². The van der Waals surface area contributed by atoms with Gasteiger partial charge in [0.2, 0.25) is 0 Å². The molecule has 14 heavy (non-hydrogen) atoms. The zero-order valence-electron chi connectivity index (χ0n) is 7.98. The van der Waals surface area contributed by atoms with Gasteiger partial charge in [0.15, 0.2) is 0 Å². The van der Waals surface area contributed by atoms with Gasteiger partial charge in [-0.2, -0.15) is 0 Å². The van der Waals surface area contributed by atoms with Crippen molar-refractivity contribution in [2.24, 2.45) is 0 Å². The van der Waals surface area contributed by atoms with E-state index in [1.54, 1.807) is 6.20 Å². The van der Waals surface area contributed by atoms with Crippen molar-refractivity contribution in [3.63, 3.8) is 0 Å². The number of aromatic nitrogens is 1. The quantitative estimate of drug-likeness (QED) is 0.786. The number of hydrogen-bond donors (Lipinski definition) is 1. The van der Waals surface area contributed by atoms with Gasteiger partial charge in [-0.1, -0.05) is 23.8 Å². The second-order valence-corrected chi connectivity index (χ2v) is 3.31. The summed E-state index contributed by atoms with van der Waals surface area (Å²) in [6.07, 6.45) is 7.71. The van der Waals surface area contributed by atoms with E-state index >= 15 is 0 Å². The number of aliphatic hydroxyl groups excluding tert-OH is 1. The molecule has 0 saturated carbocycles. The Hall–Kier alpha value is -1.41. The second kappa shape index (κ2) is 4.20. The Morgan fingerprint density at radius 2 is 2.29 bits per heavy atom. The molecule has 1 aromatic rings. The smallest absolute Gasteiger partial charge is 0.0701 e. The van der Waals surface area contributed by atoms with Gasteiger partial charge < -0.3 is 5.11 Å². The SMILES string of the molecule is OCCC1=C(c2ccccn2)C=CC1. The molecular formula is C12H13NO. The Labute approximate surface area is 83.6 Å². The molecule has 1 aliphatic rings. The zero-order chi connectivity index (χ0) is 9.80. The van der Waals surface area contributed by atoms with E-state index in [0.717, 1.165) is 18.5 Å². The minimum atomic E-state index is 0.216. The number of aliphatic hydroxyl groups is 1. The Morgan fingerprint density at radius 3 is 3.00 bits per heavy atom. The Morgan fingerprint density at radius 1 is 1.36 bits per heavy atom. The summed E-state index contributed by atoms with van der Waals surface area (Å²) in [7, 11) is 0. The van der Waals surface area contributed by atoms with Crippen LogP contribution in [0.2, 0.25) is 0 Å². The van der Waals surface area contributed by atoms with Gasteiger partial charge in [-0.3, -0.25) is 4.98 Å². The normalized spacial score (nSPS) is 15.2. The molecule has 0 aromatic carbocycles. The van der Waals surface area contributed by atoms with Crippen LogP contribution >= 0.6 is 0 Å². The summed E-state index contributed by atoms with van der Waals surface area (Å²) < 4.78 is 0. The topological polar surface area (TPSA) is 33.1 Å². The maximum absolute atomic E-state index is 8.91. The molecule has 1 aromatic heterocycles. The lowest BCUT2D eigenvalue weighted by Crippen LogP contribution is -1.91. The molecule has 0 bridgehead atoms. The molecule has 0 unspecified atom stereocenters. The van der Waals surface area contributed by atoms with E-state index < -0.39 is 0 Å². The molecule has 1 heterocycles. The van der Waals surface area contributed by atoms with Crippen LogP contribution in [0.1, 0.15) is 18.5 Å². The first-order valence-corrected chi connectivity index (χ1v) is 4.82. The summed E-state index contributed by atoms with van der Waals surface area (Å²) in [4.78, 5) is 4.30. The summed E-state index contributed by atoms with van der Waals surface area (Å²) >= 11 is 0. The molecule has 72 valence electrons. The Bertz CT molecular complexity index is 365. The fourth-order valence-corrected chi connectivity index (χ4v) is 1.71. The van der Waals surface area contributed by atoms with Gasteiger partial charge in [-0.25, -0.2) is 0 Å². The molecule has 0 saturated heterocycles. The third kappa shape index (κ3) is 1.75. The lowest BCUT2D eigenvalue weighted by molar-refractivity contribution is 0.299. The largest absolute Gasteiger partial charge is 0.396 e. The van der Waals surface area contributed by atoms with E-state index in [2.05, 4.69) is 17.1 Å². The molecular weight excluding hydrogens is 174 g/mol. The van der Waals surface area contributed by atoms with Gasteiger partial charge in [0, 0.05) is 12.8 Å². The first-order chi connectivity index (χ1) is 6.92. The van der Waals surface area contributed by atoms with Crippen molar-refractivity contribution < 1.29 is 5.11 Å². The Kier molecular flexibility index (Phi) is 2.75. The van der Waals surface area contributed by atoms with Crippen LogP contribution in [0.3, 0.4) is 0 Å². The summed E-state index contributed by atoms with van der Waals surface area (Å²) in [6.45, 7) is 0.216. The summed E-state index contributed by atoms with van der Waals surface area (Å²) in [6, 6.07) is 5.90. The maximum Gasteiger partial charge on any atom is 0.0701 e. The first-order valence-electron chi connectivity index (χ1n) is 4.82. The highest BCUT2D eigenvalue weighted by Gasteiger charge is 2.10. The van der Waals surface area contributed by atoms with Gasteiger partial charge in [0.25, 0.3) is 0 Å². The minimum Gasteiger partial charge on any atom is -0.396 e. The van der Waals surface area contributed by atoms with Crippen molar-refractivity contribution in [1.82, 2.24) is 4.98 Å². The van der Waals surface area contributed by atoms with Crippen molar-refractivity contribution >= 4 is 5.57 Å². The number of hydrogen-bond acceptors (Lipinski definition) is 2. The van der Waals surface area contributed by atoms with Gasteiger partial charge in [-0.15, -0.1) is 0 Å². The van der Waals surface area contributed by atoms with Crippen LogP contribution < -0.4 is 0 Å². The predicted octanol–water partition coefficient (Wildman–Crippen LogP) is 2.18. The van der Waals surface area contributed by atoms with Gasteiger partial charge in [-0.05, 0) is 30.5 Å². The molecule has 0 spiro atoms. The van der Waals surface area contributed by atoms with E-state index in [-0.39, 0.29) is 6.61 Å². The third-order valence-corrected chi connectivity index (χ3v) is 2.38. The monoisotopic (exact) mass is 187 g/mol. The fraction of sp³-hybridized carbons (Fsp3) is 0.250. The average molecular weight is 187 g/mol. The second-order valence-electron chi connectivity index (χ2n) is 3.31. The van der Waals surface area contributed by atoms with Crippen molar-refractivity contribution in [2.75, 3.05) is 6.61 Å². The number of nitrogens with zero attached hydrogens (tertiary/aromatic N) is 1. The van der Waals surface area contributed by atoms with Crippen LogP contribution in [0.5, 0.6) is 0 Å².